The lowest BCUT2D eigenvalue weighted by Crippen LogP contribution is -2.26. The molecule has 1 saturated heterocycles. The molecule has 2 aromatic heterocycles. The Morgan fingerprint density at radius 2 is 1.85 bits per heavy atom. The highest BCUT2D eigenvalue weighted by Crippen LogP contribution is 2.42. The highest BCUT2D eigenvalue weighted by atomic mass is 16.5. The average molecular weight is 457 g/mol. The van der Waals surface area contributed by atoms with Crippen LogP contribution >= 0.6 is 0 Å². The third-order valence-corrected chi connectivity index (χ3v) is 5.87. The van der Waals surface area contributed by atoms with Crippen molar-refractivity contribution in [3.05, 3.63) is 60.9 Å². The number of rotatable bonds is 7. The number of hydrogen-bond donors (Lipinski definition) is 2. The summed E-state index contributed by atoms with van der Waals surface area (Å²) in [6.07, 6.45) is 2.84. The molecule has 0 radical (unpaired) electrons. The van der Waals surface area contributed by atoms with E-state index in [0.29, 0.717) is 24.0 Å². The molecule has 4 aromatic rings. The minimum Gasteiger partial charge on any atom is -0.437 e. The first-order valence-electron chi connectivity index (χ1n) is 11.7. The number of nitrogens with zero attached hydrogens (tertiary/aromatic N) is 2. The summed E-state index contributed by atoms with van der Waals surface area (Å²) in [6, 6.07) is 17.8. The lowest BCUT2D eigenvalue weighted by atomic mass is 9.99. The molecule has 174 valence electrons. The van der Waals surface area contributed by atoms with E-state index in [9.17, 15) is 4.79 Å². The second-order valence-electron chi connectivity index (χ2n) is 8.92. The molecule has 7 nitrogen and oxygen atoms in total. The Bertz CT molecular complexity index is 1280. The Hall–Kier alpha value is -3.71. The second kappa shape index (κ2) is 9.65. The maximum atomic E-state index is 12.4. The molecule has 0 aliphatic carbocycles. The minimum atomic E-state index is -0.366. The molecular weight excluding hydrogens is 428 g/mol. The average Bonchev–Trinajstić information content (AvgIpc) is 3.52. The van der Waals surface area contributed by atoms with Crippen molar-refractivity contribution in [1.82, 2.24) is 9.97 Å². The molecule has 1 aliphatic rings. The Kier molecular flexibility index (Phi) is 6.27. The van der Waals surface area contributed by atoms with Crippen molar-refractivity contribution >= 4 is 28.5 Å². The van der Waals surface area contributed by atoms with E-state index in [4.69, 9.17) is 9.15 Å². The summed E-state index contributed by atoms with van der Waals surface area (Å²) in [5, 5.41) is 7.26. The fraction of sp³-hybridized carbons (Fsp3) is 0.296. The Morgan fingerprint density at radius 3 is 2.56 bits per heavy atom. The summed E-state index contributed by atoms with van der Waals surface area (Å²) in [7, 11) is 0. The zero-order valence-electron chi connectivity index (χ0n) is 19.4. The Labute approximate surface area is 198 Å². The van der Waals surface area contributed by atoms with Crippen molar-refractivity contribution in [3.63, 3.8) is 0 Å². The number of furan rings is 1. The number of nitrogens with one attached hydrogen (secondary N) is 2. The molecule has 7 heteroatoms. The number of amides is 1. The van der Waals surface area contributed by atoms with Crippen molar-refractivity contribution in [3.8, 4) is 22.5 Å². The van der Waals surface area contributed by atoms with Gasteiger partial charge in [-0.25, -0.2) is 9.97 Å². The number of fused-ring (bicyclic) bond motifs is 1. The molecule has 2 N–H and O–H groups in total. The zero-order valence-corrected chi connectivity index (χ0v) is 19.4. The first kappa shape index (κ1) is 22.1. The van der Waals surface area contributed by atoms with E-state index in [1.807, 2.05) is 42.5 Å². The van der Waals surface area contributed by atoms with Gasteiger partial charge in [-0.1, -0.05) is 44.2 Å². The molecule has 0 saturated carbocycles. The maximum absolute atomic E-state index is 12.4. The van der Waals surface area contributed by atoms with Crippen LogP contribution in [0.15, 0.2) is 65.3 Å². The van der Waals surface area contributed by atoms with E-state index in [2.05, 4.69) is 46.6 Å². The van der Waals surface area contributed by atoms with Gasteiger partial charge in [0.1, 0.15) is 24.0 Å². The minimum absolute atomic E-state index is 0.102. The molecule has 1 unspecified atom stereocenters. The van der Waals surface area contributed by atoms with E-state index < -0.39 is 0 Å². The first-order valence-corrected chi connectivity index (χ1v) is 11.7. The van der Waals surface area contributed by atoms with Gasteiger partial charge in [-0.2, -0.15) is 0 Å². The Morgan fingerprint density at radius 1 is 1.06 bits per heavy atom. The molecule has 0 spiro atoms. The fourth-order valence-electron chi connectivity index (χ4n) is 4.16. The van der Waals surface area contributed by atoms with E-state index in [0.717, 1.165) is 53.0 Å². The second-order valence-corrected chi connectivity index (χ2v) is 8.92. The third kappa shape index (κ3) is 4.52. The van der Waals surface area contributed by atoms with Gasteiger partial charge in [-0.15, -0.1) is 0 Å². The number of carbonyl (C=O) groups is 1. The SMILES string of the molecule is CC(C)CNc1ncnc2oc(-c3ccc(NC(=O)C4CCCO4)cc3)c(-c3ccccc3)c12. The maximum Gasteiger partial charge on any atom is 0.253 e. The molecule has 5 rings (SSSR count). The summed E-state index contributed by atoms with van der Waals surface area (Å²) in [5.41, 5.74) is 4.11. The van der Waals surface area contributed by atoms with Gasteiger partial charge in [0, 0.05) is 30.0 Å². The molecule has 1 fully saturated rings. The topological polar surface area (TPSA) is 89.3 Å². The van der Waals surface area contributed by atoms with Gasteiger partial charge in [0.05, 0.1) is 5.39 Å². The predicted octanol–water partition coefficient (Wildman–Crippen LogP) is 5.74. The standard InChI is InChI=1S/C27H28N4O3/c1-17(2)15-28-25-23-22(18-7-4-3-5-8-18)24(34-27(23)30-16-29-25)19-10-12-20(13-11-19)31-26(32)21-9-6-14-33-21/h3-5,7-8,10-13,16-17,21H,6,9,14-15H2,1-2H3,(H,31,32)(H,28,29,30). The molecule has 1 amide bonds. The van der Waals surface area contributed by atoms with Gasteiger partial charge < -0.3 is 19.8 Å². The van der Waals surface area contributed by atoms with Crippen LogP contribution in [0.3, 0.4) is 0 Å². The van der Waals surface area contributed by atoms with Crippen LogP contribution < -0.4 is 10.6 Å². The number of benzene rings is 2. The first-order chi connectivity index (χ1) is 16.6. The van der Waals surface area contributed by atoms with E-state index >= 15 is 0 Å². The van der Waals surface area contributed by atoms with Crippen molar-refractivity contribution in [2.75, 3.05) is 23.8 Å². The molecule has 2 aromatic carbocycles. The van der Waals surface area contributed by atoms with Crippen LogP contribution in [0.2, 0.25) is 0 Å². The quantitative estimate of drug-likeness (QED) is 0.368. The van der Waals surface area contributed by atoms with Gasteiger partial charge in [-0.3, -0.25) is 4.79 Å². The van der Waals surface area contributed by atoms with Gasteiger partial charge in [0.25, 0.3) is 5.91 Å². The van der Waals surface area contributed by atoms with E-state index in [-0.39, 0.29) is 12.0 Å². The van der Waals surface area contributed by atoms with Crippen LogP contribution in [0.4, 0.5) is 11.5 Å². The van der Waals surface area contributed by atoms with Crippen LogP contribution in [0.25, 0.3) is 33.6 Å². The molecular formula is C27H28N4O3. The van der Waals surface area contributed by atoms with E-state index in [1.54, 1.807) is 0 Å². The largest absolute Gasteiger partial charge is 0.437 e. The van der Waals surface area contributed by atoms with Crippen molar-refractivity contribution in [2.45, 2.75) is 32.8 Å². The highest BCUT2D eigenvalue weighted by molar-refractivity contribution is 6.06. The fourth-order valence-corrected chi connectivity index (χ4v) is 4.16. The van der Waals surface area contributed by atoms with Gasteiger partial charge in [0.15, 0.2) is 0 Å². The van der Waals surface area contributed by atoms with E-state index in [1.165, 1.54) is 6.33 Å². The van der Waals surface area contributed by atoms with Crippen molar-refractivity contribution in [1.29, 1.82) is 0 Å². The molecule has 34 heavy (non-hydrogen) atoms. The lowest BCUT2D eigenvalue weighted by Gasteiger charge is -2.11. The van der Waals surface area contributed by atoms with Crippen molar-refractivity contribution in [2.24, 2.45) is 5.92 Å². The number of anilines is 2. The lowest BCUT2D eigenvalue weighted by molar-refractivity contribution is -0.124. The monoisotopic (exact) mass is 456 g/mol. The van der Waals surface area contributed by atoms with Crippen LogP contribution in [0.1, 0.15) is 26.7 Å². The number of hydrogen-bond acceptors (Lipinski definition) is 6. The zero-order chi connectivity index (χ0) is 23.5. The summed E-state index contributed by atoms with van der Waals surface area (Å²) < 4.78 is 11.8. The van der Waals surface area contributed by atoms with Crippen LogP contribution in [0.5, 0.6) is 0 Å². The van der Waals surface area contributed by atoms with Crippen molar-refractivity contribution < 1.29 is 13.9 Å². The van der Waals surface area contributed by atoms with Gasteiger partial charge in [0.2, 0.25) is 5.71 Å². The smallest absolute Gasteiger partial charge is 0.253 e. The van der Waals surface area contributed by atoms with Gasteiger partial charge >= 0.3 is 0 Å². The highest BCUT2D eigenvalue weighted by Gasteiger charge is 2.24. The predicted molar refractivity (Wildman–Crippen MR) is 134 cm³/mol. The molecule has 1 atom stereocenters. The summed E-state index contributed by atoms with van der Waals surface area (Å²) in [4.78, 5) is 21.3. The van der Waals surface area contributed by atoms with Gasteiger partial charge in [-0.05, 0) is 48.6 Å². The molecule has 1 aliphatic heterocycles. The summed E-state index contributed by atoms with van der Waals surface area (Å²) >= 11 is 0. The van der Waals surface area contributed by atoms with Crippen LogP contribution in [0, 0.1) is 5.92 Å². The number of carbonyl (C=O) groups excluding carboxylic acids is 1. The summed E-state index contributed by atoms with van der Waals surface area (Å²) in [5.74, 6) is 1.84. The van der Waals surface area contributed by atoms with Crippen LogP contribution in [-0.2, 0) is 9.53 Å². The van der Waals surface area contributed by atoms with Crippen LogP contribution in [-0.4, -0.2) is 35.1 Å². The molecule has 0 bridgehead atoms. The summed E-state index contributed by atoms with van der Waals surface area (Å²) in [6.45, 7) is 5.75. The number of aromatic nitrogens is 2. The Balaban J connectivity index is 1.54. The number of ether oxygens (including phenoxy) is 1. The normalized spacial score (nSPS) is 15.7. The third-order valence-electron chi connectivity index (χ3n) is 5.87. The molecule has 3 heterocycles.